The first-order chi connectivity index (χ1) is 11.7. The van der Waals surface area contributed by atoms with Gasteiger partial charge in [-0.05, 0) is 42.5 Å². The molecule has 1 atom stereocenters. The summed E-state index contributed by atoms with van der Waals surface area (Å²) in [6.07, 6.45) is 5.74. The molecule has 2 aromatic heterocycles. The molecule has 1 aliphatic heterocycles. The number of aromatic hydroxyl groups is 1. The topological polar surface area (TPSA) is 58.4 Å². The van der Waals surface area contributed by atoms with Crippen LogP contribution in [0, 0.1) is 0 Å². The third-order valence-corrected chi connectivity index (χ3v) is 4.71. The summed E-state index contributed by atoms with van der Waals surface area (Å²) in [5.74, 6) is 0.997. The lowest BCUT2D eigenvalue weighted by atomic mass is 10.1. The quantitative estimate of drug-likeness (QED) is 0.806. The van der Waals surface area contributed by atoms with E-state index < -0.39 is 0 Å². The highest BCUT2D eigenvalue weighted by Crippen LogP contribution is 2.25. The molecule has 0 saturated carbocycles. The zero-order valence-electron chi connectivity index (χ0n) is 13.3. The normalized spacial score (nSPS) is 17.5. The minimum Gasteiger partial charge on any atom is -0.507 e. The lowest BCUT2D eigenvalue weighted by molar-refractivity contribution is 0.479. The molecule has 1 fully saturated rings. The molecule has 0 amide bonds. The Hall–Kier alpha value is -2.82. The summed E-state index contributed by atoms with van der Waals surface area (Å²) in [6, 6.07) is 13.2. The molecule has 0 bridgehead atoms. The van der Waals surface area contributed by atoms with Gasteiger partial charge in [0.2, 0.25) is 0 Å². The summed E-state index contributed by atoms with van der Waals surface area (Å²) in [4.78, 5) is 19.5. The molecule has 0 aliphatic carbocycles. The van der Waals surface area contributed by atoms with Gasteiger partial charge in [-0.1, -0.05) is 18.2 Å². The molecule has 4 rings (SSSR count). The number of rotatable bonds is 3. The van der Waals surface area contributed by atoms with E-state index in [2.05, 4.69) is 9.88 Å². The van der Waals surface area contributed by atoms with Crippen LogP contribution < -0.4 is 10.5 Å². The fourth-order valence-corrected chi connectivity index (χ4v) is 3.53. The average Bonchev–Trinajstić information content (AvgIpc) is 3.06. The van der Waals surface area contributed by atoms with E-state index in [1.807, 2.05) is 36.5 Å². The molecule has 3 aromatic rings. The third kappa shape index (κ3) is 2.52. The maximum Gasteiger partial charge on any atom is 0.262 e. The molecule has 3 heterocycles. The highest BCUT2D eigenvalue weighted by Gasteiger charge is 2.26. The van der Waals surface area contributed by atoms with Gasteiger partial charge in [-0.25, -0.2) is 4.98 Å². The van der Waals surface area contributed by atoms with E-state index in [0.29, 0.717) is 11.9 Å². The monoisotopic (exact) mass is 321 g/mol. The zero-order valence-corrected chi connectivity index (χ0v) is 13.3. The number of phenols is 1. The van der Waals surface area contributed by atoms with Crippen LogP contribution in [-0.2, 0) is 6.54 Å². The van der Waals surface area contributed by atoms with Crippen LogP contribution in [0.5, 0.6) is 5.75 Å². The van der Waals surface area contributed by atoms with Gasteiger partial charge in [-0.3, -0.25) is 4.79 Å². The van der Waals surface area contributed by atoms with Gasteiger partial charge < -0.3 is 14.6 Å². The van der Waals surface area contributed by atoms with E-state index in [0.717, 1.165) is 30.6 Å². The summed E-state index contributed by atoms with van der Waals surface area (Å²) >= 11 is 0. The first-order valence-electron chi connectivity index (χ1n) is 8.23. The van der Waals surface area contributed by atoms with E-state index in [4.69, 9.17) is 0 Å². The first kappa shape index (κ1) is 14.8. The van der Waals surface area contributed by atoms with Gasteiger partial charge in [0.1, 0.15) is 11.6 Å². The van der Waals surface area contributed by atoms with Gasteiger partial charge in [-0.2, -0.15) is 0 Å². The van der Waals surface area contributed by atoms with E-state index in [-0.39, 0.29) is 17.4 Å². The van der Waals surface area contributed by atoms with Crippen molar-refractivity contribution in [1.82, 2.24) is 9.55 Å². The standard InChI is InChI=1S/C19H19N3O2/c23-16-7-3-5-14-9-12-21(19(24)18(14)16)13-15-6-4-11-22(15)17-8-1-2-10-20-17/h1-3,5,7-10,12,15,23H,4,6,11,13H2. The van der Waals surface area contributed by atoms with Crippen LogP contribution in [0.25, 0.3) is 10.8 Å². The van der Waals surface area contributed by atoms with Crippen molar-refractivity contribution in [1.29, 1.82) is 0 Å². The maximum atomic E-state index is 12.7. The molecule has 5 heteroatoms. The molecule has 0 radical (unpaired) electrons. The summed E-state index contributed by atoms with van der Waals surface area (Å²) in [5, 5.41) is 11.2. The van der Waals surface area contributed by atoms with E-state index >= 15 is 0 Å². The van der Waals surface area contributed by atoms with Crippen LogP contribution in [0.4, 0.5) is 5.82 Å². The van der Waals surface area contributed by atoms with Crippen LogP contribution in [0.15, 0.2) is 59.7 Å². The number of aromatic nitrogens is 2. The van der Waals surface area contributed by atoms with Gasteiger partial charge in [0.15, 0.2) is 0 Å². The largest absolute Gasteiger partial charge is 0.507 e. The highest BCUT2D eigenvalue weighted by atomic mass is 16.3. The second-order valence-electron chi connectivity index (χ2n) is 6.19. The van der Waals surface area contributed by atoms with Gasteiger partial charge in [0.25, 0.3) is 5.56 Å². The second-order valence-corrected chi connectivity index (χ2v) is 6.19. The van der Waals surface area contributed by atoms with Crippen LogP contribution >= 0.6 is 0 Å². The third-order valence-electron chi connectivity index (χ3n) is 4.71. The maximum absolute atomic E-state index is 12.7. The molecular weight excluding hydrogens is 302 g/mol. The fourth-order valence-electron chi connectivity index (χ4n) is 3.53. The van der Waals surface area contributed by atoms with Crippen molar-refractivity contribution in [3.05, 3.63) is 65.2 Å². The molecular formula is C19H19N3O2. The molecule has 1 unspecified atom stereocenters. The summed E-state index contributed by atoms with van der Waals surface area (Å²) in [5.41, 5.74) is -0.140. The minimum atomic E-state index is -0.140. The Bertz CT molecular complexity index is 921. The van der Waals surface area contributed by atoms with Crippen LogP contribution in [-0.4, -0.2) is 27.2 Å². The van der Waals surface area contributed by atoms with E-state index in [1.54, 1.807) is 22.9 Å². The molecule has 5 nitrogen and oxygen atoms in total. The Balaban J connectivity index is 1.68. The van der Waals surface area contributed by atoms with Crippen LogP contribution in [0.1, 0.15) is 12.8 Å². The fraction of sp³-hybridized carbons (Fsp3) is 0.263. The number of hydrogen-bond acceptors (Lipinski definition) is 4. The summed E-state index contributed by atoms with van der Waals surface area (Å²) in [7, 11) is 0. The Labute approximate surface area is 139 Å². The van der Waals surface area contributed by atoms with Crippen LogP contribution in [0.2, 0.25) is 0 Å². The Morgan fingerprint density at radius 3 is 2.92 bits per heavy atom. The molecule has 1 saturated heterocycles. The van der Waals surface area contributed by atoms with Crippen molar-refractivity contribution < 1.29 is 5.11 Å². The number of fused-ring (bicyclic) bond motifs is 1. The van der Waals surface area contributed by atoms with Crippen molar-refractivity contribution in [3.8, 4) is 5.75 Å². The minimum absolute atomic E-state index is 0.0415. The smallest absolute Gasteiger partial charge is 0.262 e. The van der Waals surface area contributed by atoms with Gasteiger partial charge in [-0.15, -0.1) is 0 Å². The number of anilines is 1. The number of nitrogens with zero attached hydrogens (tertiary/aromatic N) is 3. The molecule has 1 aliphatic rings. The molecule has 0 spiro atoms. The van der Waals surface area contributed by atoms with Gasteiger partial charge in [0, 0.05) is 31.5 Å². The summed E-state index contributed by atoms with van der Waals surface area (Å²) in [6.45, 7) is 1.55. The van der Waals surface area contributed by atoms with E-state index in [9.17, 15) is 9.90 Å². The Morgan fingerprint density at radius 2 is 2.08 bits per heavy atom. The predicted octanol–water partition coefficient (Wildman–Crippen LogP) is 2.77. The number of pyridine rings is 2. The molecule has 122 valence electrons. The predicted molar refractivity (Wildman–Crippen MR) is 94.5 cm³/mol. The molecule has 1 N–H and O–H groups in total. The Kier molecular flexibility index (Phi) is 3.69. The summed E-state index contributed by atoms with van der Waals surface area (Å²) < 4.78 is 1.70. The lowest BCUT2D eigenvalue weighted by Crippen LogP contribution is -2.36. The lowest BCUT2D eigenvalue weighted by Gasteiger charge is -2.26. The van der Waals surface area contributed by atoms with Crippen molar-refractivity contribution in [2.75, 3.05) is 11.4 Å². The van der Waals surface area contributed by atoms with E-state index in [1.165, 1.54) is 0 Å². The SMILES string of the molecule is O=c1c2c(O)cccc2ccn1CC1CCCN1c1ccccn1. The van der Waals surface area contributed by atoms with Crippen molar-refractivity contribution in [2.45, 2.75) is 25.4 Å². The van der Waals surface area contributed by atoms with Crippen LogP contribution in [0.3, 0.4) is 0 Å². The highest BCUT2D eigenvalue weighted by molar-refractivity contribution is 5.86. The van der Waals surface area contributed by atoms with Crippen molar-refractivity contribution in [2.24, 2.45) is 0 Å². The van der Waals surface area contributed by atoms with Crippen molar-refractivity contribution >= 4 is 16.6 Å². The zero-order chi connectivity index (χ0) is 16.5. The number of benzene rings is 1. The Morgan fingerprint density at radius 1 is 1.17 bits per heavy atom. The molecule has 1 aromatic carbocycles. The molecule has 24 heavy (non-hydrogen) atoms. The number of phenolic OH excluding ortho intramolecular Hbond substituents is 1. The van der Waals surface area contributed by atoms with Gasteiger partial charge >= 0.3 is 0 Å². The first-order valence-corrected chi connectivity index (χ1v) is 8.23. The van der Waals surface area contributed by atoms with Crippen molar-refractivity contribution in [3.63, 3.8) is 0 Å². The van der Waals surface area contributed by atoms with Gasteiger partial charge in [0.05, 0.1) is 5.39 Å². The number of hydrogen-bond donors (Lipinski definition) is 1. The second kappa shape index (κ2) is 6.00. The average molecular weight is 321 g/mol.